The second-order valence-electron chi connectivity index (χ2n) is 5.83. The summed E-state index contributed by atoms with van der Waals surface area (Å²) < 4.78 is 0. The summed E-state index contributed by atoms with van der Waals surface area (Å²) >= 11 is 0. The molecule has 2 unspecified atom stereocenters. The lowest BCUT2D eigenvalue weighted by Crippen LogP contribution is -2.50. The second kappa shape index (κ2) is 2.34. The lowest BCUT2D eigenvalue weighted by Gasteiger charge is -2.43. The minimum absolute atomic E-state index is 0.400. The molecule has 0 N–H and O–H groups in total. The molecule has 0 amide bonds. The summed E-state index contributed by atoms with van der Waals surface area (Å²) in [5, 5.41) is 0. The monoisotopic (exact) mass is 192 g/mol. The van der Waals surface area contributed by atoms with E-state index >= 15 is 0 Å². The van der Waals surface area contributed by atoms with Crippen molar-refractivity contribution in [3.8, 4) is 0 Å². The SMILES string of the molecule is CC1(C)C2CCC1(C)N1CCCN=C21. The van der Waals surface area contributed by atoms with E-state index in [2.05, 4.69) is 25.7 Å². The molecule has 1 aliphatic carbocycles. The van der Waals surface area contributed by atoms with Gasteiger partial charge in [-0.05, 0) is 31.6 Å². The molecule has 2 heteroatoms. The fraction of sp³-hybridized carbons (Fsp3) is 0.917. The van der Waals surface area contributed by atoms with E-state index in [4.69, 9.17) is 4.99 Å². The molecule has 78 valence electrons. The highest BCUT2D eigenvalue weighted by Crippen LogP contribution is 2.60. The van der Waals surface area contributed by atoms with Crippen LogP contribution in [0.3, 0.4) is 0 Å². The van der Waals surface area contributed by atoms with Crippen molar-refractivity contribution in [3.63, 3.8) is 0 Å². The highest BCUT2D eigenvalue weighted by molar-refractivity contribution is 5.90. The van der Waals surface area contributed by atoms with Gasteiger partial charge in [-0.3, -0.25) is 4.99 Å². The van der Waals surface area contributed by atoms with Gasteiger partial charge in [-0.15, -0.1) is 0 Å². The number of hydrogen-bond donors (Lipinski definition) is 0. The molecule has 2 nitrogen and oxygen atoms in total. The molecule has 1 saturated heterocycles. The van der Waals surface area contributed by atoms with Crippen molar-refractivity contribution in [2.24, 2.45) is 16.3 Å². The summed E-state index contributed by atoms with van der Waals surface area (Å²) in [7, 11) is 0. The van der Waals surface area contributed by atoms with Gasteiger partial charge in [0.2, 0.25) is 0 Å². The van der Waals surface area contributed by atoms with Gasteiger partial charge in [-0.25, -0.2) is 0 Å². The first kappa shape index (κ1) is 8.75. The number of hydrogen-bond acceptors (Lipinski definition) is 2. The van der Waals surface area contributed by atoms with Crippen LogP contribution in [0.25, 0.3) is 0 Å². The molecule has 0 spiro atoms. The summed E-state index contributed by atoms with van der Waals surface area (Å²) in [4.78, 5) is 7.37. The first-order valence-electron chi connectivity index (χ1n) is 5.89. The number of rotatable bonds is 0. The smallest absolute Gasteiger partial charge is 0.103 e. The Balaban J connectivity index is 2.12. The first-order valence-corrected chi connectivity index (χ1v) is 5.89. The Hall–Kier alpha value is -0.530. The lowest BCUT2D eigenvalue weighted by atomic mass is 9.75. The maximum absolute atomic E-state index is 4.76. The van der Waals surface area contributed by atoms with Gasteiger partial charge in [0, 0.05) is 24.5 Å². The average molecular weight is 192 g/mol. The standard InChI is InChI=1S/C12H20N2/c1-11(2)9-5-6-12(11,3)14-8-4-7-13-10(9)14/h9H,4-8H2,1-3H3. The minimum Gasteiger partial charge on any atom is -0.354 e. The number of nitrogens with zero attached hydrogens (tertiary/aromatic N) is 2. The van der Waals surface area contributed by atoms with E-state index in [-0.39, 0.29) is 0 Å². The molecule has 2 bridgehead atoms. The van der Waals surface area contributed by atoms with Crippen LogP contribution in [-0.4, -0.2) is 29.4 Å². The molecule has 0 radical (unpaired) electrons. The van der Waals surface area contributed by atoms with Gasteiger partial charge in [-0.2, -0.15) is 0 Å². The van der Waals surface area contributed by atoms with Crippen LogP contribution in [0, 0.1) is 11.3 Å². The normalized spacial score (nSPS) is 43.8. The molecule has 0 aromatic carbocycles. The second-order valence-corrected chi connectivity index (χ2v) is 5.83. The molecule has 14 heavy (non-hydrogen) atoms. The van der Waals surface area contributed by atoms with Crippen LogP contribution in [0.1, 0.15) is 40.0 Å². The zero-order valence-electron chi connectivity index (χ0n) is 9.51. The van der Waals surface area contributed by atoms with Crippen LogP contribution in [-0.2, 0) is 0 Å². The summed E-state index contributed by atoms with van der Waals surface area (Å²) in [6, 6.07) is 0. The van der Waals surface area contributed by atoms with Gasteiger partial charge in [0.05, 0.1) is 0 Å². The maximum Gasteiger partial charge on any atom is 0.103 e. The zero-order chi connectivity index (χ0) is 9.97. The van der Waals surface area contributed by atoms with E-state index in [0.717, 1.165) is 12.5 Å². The van der Waals surface area contributed by atoms with Gasteiger partial charge in [0.1, 0.15) is 5.84 Å². The predicted molar refractivity (Wildman–Crippen MR) is 58.5 cm³/mol. The molecule has 1 saturated carbocycles. The summed E-state index contributed by atoms with van der Waals surface area (Å²) in [5.41, 5.74) is 0.840. The minimum atomic E-state index is 0.400. The lowest BCUT2D eigenvalue weighted by molar-refractivity contribution is 0.107. The molecular weight excluding hydrogens is 172 g/mol. The molecule has 2 fully saturated rings. The molecule has 2 atom stereocenters. The van der Waals surface area contributed by atoms with Gasteiger partial charge in [0.15, 0.2) is 0 Å². The quantitative estimate of drug-likeness (QED) is 0.575. The molecule has 0 aromatic heterocycles. The van der Waals surface area contributed by atoms with E-state index in [1.165, 1.54) is 31.6 Å². The number of amidine groups is 1. The highest BCUT2D eigenvalue weighted by Gasteiger charge is 2.63. The topological polar surface area (TPSA) is 15.6 Å². The molecule has 3 rings (SSSR count). The Kier molecular flexibility index (Phi) is 1.46. The largest absolute Gasteiger partial charge is 0.354 e. The van der Waals surface area contributed by atoms with Gasteiger partial charge >= 0.3 is 0 Å². The van der Waals surface area contributed by atoms with E-state index in [9.17, 15) is 0 Å². The third-order valence-electron chi connectivity index (χ3n) is 5.18. The van der Waals surface area contributed by atoms with Gasteiger partial charge in [0.25, 0.3) is 0 Å². The third-order valence-corrected chi connectivity index (χ3v) is 5.18. The van der Waals surface area contributed by atoms with Crippen molar-refractivity contribution in [1.29, 1.82) is 0 Å². The molecular formula is C12H20N2. The van der Waals surface area contributed by atoms with Crippen molar-refractivity contribution in [2.45, 2.75) is 45.6 Å². The molecule has 2 heterocycles. The fourth-order valence-electron chi connectivity index (χ4n) is 3.84. The fourth-order valence-corrected chi connectivity index (χ4v) is 3.84. The summed E-state index contributed by atoms with van der Waals surface area (Å²) in [6.45, 7) is 9.63. The Labute approximate surface area is 86.4 Å². The van der Waals surface area contributed by atoms with Crippen LogP contribution in [0.15, 0.2) is 4.99 Å². The number of fused-ring (bicyclic) bond motifs is 5. The van der Waals surface area contributed by atoms with E-state index in [0.29, 0.717) is 11.0 Å². The summed E-state index contributed by atoms with van der Waals surface area (Å²) in [5.74, 6) is 2.18. The van der Waals surface area contributed by atoms with Crippen LogP contribution >= 0.6 is 0 Å². The van der Waals surface area contributed by atoms with Crippen molar-refractivity contribution < 1.29 is 0 Å². The average Bonchev–Trinajstić information content (AvgIpc) is 2.49. The van der Waals surface area contributed by atoms with Crippen molar-refractivity contribution >= 4 is 5.84 Å². The molecule has 2 aliphatic heterocycles. The van der Waals surface area contributed by atoms with Gasteiger partial charge in [-0.1, -0.05) is 13.8 Å². The Bertz CT molecular complexity index is 305. The maximum atomic E-state index is 4.76. The highest BCUT2D eigenvalue weighted by atomic mass is 15.3. The Morgan fingerprint density at radius 3 is 2.86 bits per heavy atom. The first-order chi connectivity index (χ1) is 6.57. The van der Waals surface area contributed by atoms with Crippen LogP contribution < -0.4 is 0 Å². The molecule has 3 aliphatic rings. The number of aliphatic imine (C=N–C) groups is 1. The van der Waals surface area contributed by atoms with Crippen molar-refractivity contribution in [3.05, 3.63) is 0 Å². The van der Waals surface area contributed by atoms with Gasteiger partial charge < -0.3 is 4.90 Å². The summed E-state index contributed by atoms with van der Waals surface area (Å²) in [6.07, 6.45) is 3.98. The Morgan fingerprint density at radius 1 is 1.36 bits per heavy atom. The van der Waals surface area contributed by atoms with E-state index in [1.54, 1.807) is 0 Å². The number of piperidine rings is 1. The van der Waals surface area contributed by atoms with Crippen LogP contribution in [0.5, 0.6) is 0 Å². The Morgan fingerprint density at radius 2 is 2.14 bits per heavy atom. The van der Waals surface area contributed by atoms with Crippen LogP contribution in [0.4, 0.5) is 0 Å². The zero-order valence-corrected chi connectivity index (χ0v) is 9.51. The molecule has 0 aromatic rings. The predicted octanol–water partition coefficient (Wildman–Crippen LogP) is 2.30. The van der Waals surface area contributed by atoms with Crippen molar-refractivity contribution in [2.75, 3.05) is 13.1 Å². The van der Waals surface area contributed by atoms with E-state index in [1.807, 2.05) is 0 Å². The third kappa shape index (κ3) is 0.731. The van der Waals surface area contributed by atoms with E-state index < -0.39 is 0 Å². The van der Waals surface area contributed by atoms with Crippen LogP contribution in [0.2, 0.25) is 0 Å². The van der Waals surface area contributed by atoms with Crippen molar-refractivity contribution in [1.82, 2.24) is 4.90 Å².